The zero-order chi connectivity index (χ0) is 14.1. The minimum atomic E-state index is -0.194. The quantitative estimate of drug-likeness (QED) is 0.910. The van der Waals surface area contributed by atoms with Crippen molar-refractivity contribution >= 4 is 22.5 Å². The zero-order valence-corrected chi connectivity index (χ0v) is 11.6. The first-order chi connectivity index (χ1) is 9.66. The lowest BCUT2D eigenvalue weighted by molar-refractivity contribution is -0.122. The maximum absolute atomic E-state index is 11.5. The van der Waals surface area contributed by atoms with Gasteiger partial charge in [0.25, 0.3) is 0 Å². The Kier molecular flexibility index (Phi) is 3.30. The number of carbonyl (C=O) groups excluding carboxylic acids is 1. The molecule has 2 aromatic rings. The molecule has 2 atom stereocenters. The fourth-order valence-corrected chi connectivity index (χ4v) is 3.01. The predicted molar refractivity (Wildman–Crippen MR) is 80.5 cm³/mol. The summed E-state index contributed by atoms with van der Waals surface area (Å²) in [4.78, 5) is 18.2. The second kappa shape index (κ2) is 5.12. The monoisotopic (exact) mass is 269 g/mol. The van der Waals surface area contributed by atoms with Crippen LogP contribution >= 0.6 is 0 Å². The van der Waals surface area contributed by atoms with Crippen molar-refractivity contribution < 1.29 is 4.79 Å². The Balaban J connectivity index is 2.02. The summed E-state index contributed by atoms with van der Waals surface area (Å²) in [6, 6.07) is 10.6. The van der Waals surface area contributed by atoms with Crippen LogP contribution in [0.5, 0.6) is 0 Å². The van der Waals surface area contributed by atoms with Crippen LogP contribution in [0.1, 0.15) is 19.8 Å². The lowest BCUT2D eigenvalue weighted by Crippen LogP contribution is -2.46. The minimum Gasteiger partial charge on any atom is -0.369 e. The van der Waals surface area contributed by atoms with Crippen LogP contribution in [0.2, 0.25) is 0 Å². The number of carbonyl (C=O) groups is 1. The molecule has 0 unspecified atom stereocenters. The highest BCUT2D eigenvalue weighted by Crippen LogP contribution is 2.32. The van der Waals surface area contributed by atoms with Crippen molar-refractivity contribution in [3.63, 3.8) is 0 Å². The van der Waals surface area contributed by atoms with Gasteiger partial charge in [0.15, 0.2) is 0 Å². The molecule has 1 aliphatic rings. The first kappa shape index (κ1) is 12.9. The van der Waals surface area contributed by atoms with Gasteiger partial charge >= 0.3 is 0 Å². The van der Waals surface area contributed by atoms with E-state index in [9.17, 15) is 4.79 Å². The molecule has 1 aliphatic heterocycles. The van der Waals surface area contributed by atoms with Gasteiger partial charge in [0.2, 0.25) is 5.91 Å². The molecule has 2 N–H and O–H groups in total. The molecule has 2 heterocycles. The van der Waals surface area contributed by atoms with Crippen LogP contribution in [0.3, 0.4) is 0 Å². The Morgan fingerprint density at radius 2 is 2.10 bits per heavy atom. The van der Waals surface area contributed by atoms with E-state index in [0.29, 0.717) is 12.6 Å². The molecule has 0 aliphatic carbocycles. The van der Waals surface area contributed by atoms with E-state index in [1.54, 1.807) is 0 Å². The number of piperidine rings is 1. The molecule has 1 aromatic heterocycles. The summed E-state index contributed by atoms with van der Waals surface area (Å²) in [5.41, 5.74) is 7.62. The number of rotatable bonds is 2. The van der Waals surface area contributed by atoms with E-state index >= 15 is 0 Å². The van der Waals surface area contributed by atoms with Crippen LogP contribution in [-0.4, -0.2) is 23.5 Å². The van der Waals surface area contributed by atoms with Crippen molar-refractivity contribution in [3.8, 4) is 0 Å². The highest BCUT2D eigenvalue weighted by Gasteiger charge is 2.29. The number of nitrogens with two attached hydrogens (primary N) is 1. The standard InChI is InChI=1S/C16H19N3O/c1-11-6-7-12(16(17)20)10-19(11)15-8-9-18-14-5-3-2-4-13(14)15/h2-5,8-9,11-12H,6-7,10H2,1H3,(H2,17,20)/t11-,12+/m0/s1. The van der Waals surface area contributed by atoms with E-state index in [0.717, 1.165) is 29.4 Å². The second-order valence-corrected chi connectivity index (χ2v) is 5.53. The van der Waals surface area contributed by atoms with Crippen LogP contribution in [0, 0.1) is 5.92 Å². The highest BCUT2D eigenvalue weighted by atomic mass is 16.1. The minimum absolute atomic E-state index is 0.0573. The third kappa shape index (κ3) is 2.22. The van der Waals surface area contributed by atoms with Crippen LogP contribution in [0.15, 0.2) is 36.5 Å². The number of amides is 1. The Labute approximate surface area is 118 Å². The van der Waals surface area contributed by atoms with E-state index in [1.807, 2.05) is 30.5 Å². The smallest absolute Gasteiger partial charge is 0.222 e. The Hall–Kier alpha value is -2.10. The van der Waals surface area contributed by atoms with Gasteiger partial charge in [-0.1, -0.05) is 18.2 Å². The van der Waals surface area contributed by atoms with Gasteiger partial charge in [-0.15, -0.1) is 0 Å². The van der Waals surface area contributed by atoms with Gasteiger partial charge in [-0.2, -0.15) is 0 Å². The van der Waals surface area contributed by atoms with E-state index in [1.165, 1.54) is 0 Å². The van der Waals surface area contributed by atoms with Crippen LogP contribution < -0.4 is 10.6 Å². The number of benzene rings is 1. The first-order valence-corrected chi connectivity index (χ1v) is 7.06. The van der Waals surface area contributed by atoms with Gasteiger partial charge in [0, 0.05) is 29.9 Å². The van der Waals surface area contributed by atoms with Gasteiger partial charge in [0.05, 0.1) is 11.4 Å². The maximum atomic E-state index is 11.5. The molecule has 0 radical (unpaired) electrons. The molecule has 1 fully saturated rings. The number of fused-ring (bicyclic) bond motifs is 1. The number of hydrogen-bond donors (Lipinski definition) is 1. The molecule has 0 bridgehead atoms. The lowest BCUT2D eigenvalue weighted by Gasteiger charge is -2.39. The number of anilines is 1. The number of para-hydroxylation sites is 1. The first-order valence-electron chi connectivity index (χ1n) is 7.06. The number of nitrogens with zero attached hydrogens (tertiary/aromatic N) is 2. The van der Waals surface area contributed by atoms with Gasteiger partial charge in [-0.3, -0.25) is 9.78 Å². The highest BCUT2D eigenvalue weighted by molar-refractivity contribution is 5.92. The molecule has 1 amide bonds. The molecule has 4 heteroatoms. The van der Waals surface area contributed by atoms with Gasteiger partial charge in [-0.25, -0.2) is 0 Å². The normalized spacial score (nSPS) is 22.9. The van der Waals surface area contributed by atoms with E-state index < -0.39 is 0 Å². The number of hydrogen-bond acceptors (Lipinski definition) is 3. The summed E-state index contributed by atoms with van der Waals surface area (Å²) in [5, 5.41) is 1.13. The summed E-state index contributed by atoms with van der Waals surface area (Å²) < 4.78 is 0. The van der Waals surface area contributed by atoms with Crippen molar-refractivity contribution in [1.82, 2.24) is 4.98 Å². The fraction of sp³-hybridized carbons (Fsp3) is 0.375. The summed E-state index contributed by atoms with van der Waals surface area (Å²) >= 11 is 0. The summed E-state index contributed by atoms with van der Waals surface area (Å²) in [5.74, 6) is -0.251. The van der Waals surface area contributed by atoms with E-state index in [4.69, 9.17) is 5.73 Å². The van der Waals surface area contributed by atoms with Crippen LogP contribution in [0.25, 0.3) is 10.9 Å². The molecular weight excluding hydrogens is 250 g/mol. The molecule has 20 heavy (non-hydrogen) atoms. The number of aromatic nitrogens is 1. The molecule has 104 valence electrons. The summed E-state index contributed by atoms with van der Waals surface area (Å²) in [7, 11) is 0. The number of primary amides is 1. The molecule has 4 nitrogen and oxygen atoms in total. The Morgan fingerprint density at radius 3 is 2.90 bits per heavy atom. The van der Waals surface area contributed by atoms with Crippen molar-refractivity contribution in [2.75, 3.05) is 11.4 Å². The lowest BCUT2D eigenvalue weighted by atomic mass is 9.92. The van der Waals surface area contributed by atoms with Gasteiger partial charge in [-0.05, 0) is 31.9 Å². The predicted octanol–water partition coefficient (Wildman–Crippen LogP) is 2.33. The van der Waals surface area contributed by atoms with E-state index in [-0.39, 0.29) is 11.8 Å². The molecule has 1 saturated heterocycles. The van der Waals surface area contributed by atoms with E-state index in [2.05, 4.69) is 22.9 Å². The molecular formula is C16H19N3O. The maximum Gasteiger partial charge on any atom is 0.222 e. The third-order valence-electron chi connectivity index (χ3n) is 4.22. The zero-order valence-electron chi connectivity index (χ0n) is 11.6. The summed E-state index contributed by atoms with van der Waals surface area (Å²) in [6.07, 6.45) is 3.71. The van der Waals surface area contributed by atoms with Crippen LogP contribution in [0.4, 0.5) is 5.69 Å². The Morgan fingerprint density at radius 1 is 1.30 bits per heavy atom. The van der Waals surface area contributed by atoms with Crippen molar-refractivity contribution in [1.29, 1.82) is 0 Å². The largest absolute Gasteiger partial charge is 0.369 e. The topological polar surface area (TPSA) is 59.2 Å². The summed E-state index contributed by atoms with van der Waals surface area (Å²) in [6.45, 7) is 2.90. The van der Waals surface area contributed by atoms with Gasteiger partial charge < -0.3 is 10.6 Å². The average Bonchev–Trinajstić information content (AvgIpc) is 2.47. The van der Waals surface area contributed by atoms with Crippen LogP contribution in [-0.2, 0) is 4.79 Å². The van der Waals surface area contributed by atoms with Crippen molar-refractivity contribution in [2.24, 2.45) is 11.7 Å². The van der Waals surface area contributed by atoms with Crippen molar-refractivity contribution in [3.05, 3.63) is 36.5 Å². The number of pyridine rings is 1. The van der Waals surface area contributed by atoms with Gasteiger partial charge in [0.1, 0.15) is 0 Å². The van der Waals surface area contributed by atoms with Crippen molar-refractivity contribution in [2.45, 2.75) is 25.8 Å². The fourth-order valence-electron chi connectivity index (χ4n) is 3.01. The Bertz CT molecular complexity index is 635. The average molecular weight is 269 g/mol. The molecule has 3 rings (SSSR count). The SMILES string of the molecule is C[C@H]1CC[C@@H](C(N)=O)CN1c1ccnc2ccccc12. The molecule has 1 aromatic carbocycles. The third-order valence-corrected chi connectivity index (χ3v) is 4.22. The molecule has 0 saturated carbocycles. The second-order valence-electron chi connectivity index (χ2n) is 5.53. The molecule has 0 spiro atoms.